The van der Waals surface area contributed by atoms with Crippen molar-refractivity contribution in [1.82, 2.24) is 24.8 Å². The number of nitrogens with zero attached hydrogens (tertiary/aromatic N) is 5. The van der Waals surface area contributed by atoms with Crippen molar-refractivity contribution in [1.29, 1.82) is 0 Å². The summed E-state index contributed by atoms with van der Waals surface area (Å²) in [6.07, 6.45) is 10.7. The van der Waals surface area contributed by atoms with Crippen molar-refractivity contribution in [3.63, 3.8) is 0 Å². The van der Waals surface area contributed by atoms with E-state index in [1.54, 1.807) is 12.4 Å². The van der Waals surface area contributed by atoms with Gasteiger partial charge >= 0.3 is 0 Å². The number of hydrogen-bond donors (Lipinski definition) is 1. The van der Waals surface area contributed by atoms with E-state index in [-0.39, 0.29) is 0 Å². The normalized spacial score (nSPS) is 17.0. The van der Waals surface area contributed by atoms with Gasteiger partial charge in [0, 0.05) is 47.9 Å². The standard InChI is InChI=1S/C22H26N6/c1-16-5-7-17(8-6-16)21-20(18-12-23-15-24-13-18)14-26-22(27-21)25-10-9-19-4-3-11-28(19)2/h5-8,12-15,19H,3-4,9-11H2,1-2H3,(H,25,26,27)/t19-/m1/s1. The van der Waals surface area contributed by atoms with Crippen molar-refractivity contribution in [3.05, 3.63) is 54.7 Å². The van der Waals surface area contributed by atoms with E-state index in [2.05, 4.69) is 63.4 Å². The predicted molar refractivity (Wildman–Crippen MR) is 112 cm³/mol. The quantitative estimate of drug-likeness (QED) is 0.708. The molecule has 1 N–H and O–H groups in total. The minimum atomic E-state index is 0.657. The summed E-state index contributed by atoms with van der Waals surface area (Å²) in [6.45, 7) is 4.16. The van der Waals surface area contributed by atoms with E-state index in [1.807, 2.05) is 6.20 Å². The Hall–Kier alpha value is -2.86. The van der Waals surface area contributed by atoms with Crippen LogP contribution >= 0.6 is 0 Å². The molecular weight excluding hydrogens is 348 g/mol. The summed E-state index contributed by atoms with van der Waals surface area (Å²) in [5.41, 5.74) is 5.03. The molecule has 6 nitrogen and oxygen atoms in total. The summed E-state index contributed by atoms with van der Waals surface area (Å²) in [4.78, 5) is 20.1. The third-order valence-electron chi connectivity index (χ3n) is 5.42. The molecule has 1 aromatic carbocycles. The Morgan fingerprint density at radius 1 is 1.07 bits per heavy atom. The molecule has 0 amide bonds. The van der Waals surface area contributed by atoms with Crippen LogP contribution in [0.25, 0.3) is 22.4 Å². The third-order valence-corrected chi connectivity index (χ3v) is 5.42. The highest BCUT2D eigenvalue weighted by molar-refractivity contribution is 5.80. The number of hydrogen-bond acceptors (Lipinski definition) is 6. The van der Waals surface area contributed by atoms with Crippen molar-refractivity contribution in [2.75, 3.05) is 25.5 Å². The molecule has 0 radical (unpaired) electrons. The van der Waals surface area contributed by atoms with Crippen LogP contribution in [0.5, 0.6) is 0 Å². The Morgan fingerprint density at radius 3 is 2.57 bits per heavy atom. The van der Waals surface area contributed by atoms with Gasteiger partial charge in [-0.3, -0.25) is 0 Å². The van der Waals surface area contributed by atoms with Crippen molar-refractivity contribution in [2.24, 2.45) is 0 Å². The van der Waals surface area contributed by atoms with Crippen molar-refractivity contribution < 1.29 is 0 Å². The molecule has 1 fully saturated rings. The van der Waals surface area contributed by atoms with E-state index in [0.717, 1.165) is 35.3 Å². The van der Waals surface area contributed by atoms with E-state index in [9.17, 15) is 0 Å². The minimum Gasteiger partial charge on any atom is -0.354 e. The van der Waals surface area contributed by atoms with Crippen LogP contribution in [0.4, 0.5) is 5.95 Å². The van der Waals surface area contributed by atoms with Crippen LogP contribution in [-0.4, -0.2) is 51.0 Å². The third kappa shape index (κ3) is 4.17. The number of rotatable bonds is 6. The molecule has 1 saturated heterocycles. The van der Waals surface area contributed by atoms with Crippen molar-refractivity contribution >= 4 is 5.95 Å². The zero-order valence-corrected chi connectivity index (χ0v) is 16.5. The smallest absolute Gasteiger partial charge is 0.223 e. The summed E-state index contributed by atoms with van der Waals surface area (Å²) in [6, 6.07) is 9.06. The summed E-state index contributed by atoms with van der Waals surface area (Å²) in [5.74, 6) is 0.664. The molecule has 0 aliphatic carbocycles. The lowest BCUT2D eigenvalue weighted by Crippen LogP contribution is -2.27. The minimum absolute atomic E-state index is 0.657. The van der Waals surface area contributed by atoms with E-state index < -0.39 is 0 Å². The molecule has 3 aromatic rings. The van der Waals surface area contributed by atoms with Gasteiger partial charge in [0.2, 0.25) is 5.95 Å². The second-order valence-corrected chi connectivity index (χ2v) is 7.44. The Kier molecular flexibility index (Phi) is 5.58. The summed E-state index contributed by atoms with van der Waals surface area (Å²) in [5, 5.41) is 3.41. The zero-order valence-electron chi connectivity index (χ0n) is 16.5. The molecule has 1 aliphatic heterocycles. The lowest BCUT2D eigenvalue weighted by atomic mass is 10.0. The number of likely N-dealkylation sites (tertiary alicyclic amines) is 1. The largest absolute Gasteiger partial charge is 0.354 e. The lowest BCUT2D eigenvalue weighted by molar-refractivity contribution is 0.301. The van der Waals surface area contributed by atoms with Gasteiger partial charge in [0.1, 0.15) is 6.33 Å². The second kappa shape index (κ2) is 8.44. The molecule has 4 rings (SSSR count). The predicted octanol–water partition coefficient (Wildman–Crippen LogP) is 3.81. The van der Waals surface area contributed by atoms with E-state index in [4.69, 9.17) is 4.98 Å². The van der Waals surface area contributed by atoms with Crippen LogP contribution in [0.1, 0.15) is 24.8 Å². The molecule has 0 unspecified atom stereocenters. The average Bonchev–Trinajstić information content (AvgIpc) is 3.14. The Balaban J connectivity index is 1.59. The van der Waals surface area contributed by atoms with Crippen LogP contribution in [0, 0.1) is 6.92 Å². The Morgan fingerprint density at radius 2 is 1.86 bits per heavy atom. The maximum Gasteiger partial charge on any atom is 0.223 e. The average molecular weight is 374 g/mol. The number of aromatic nitrogens is 4. The van der Waals surface area contributed by atoms with Crippen molar-refractivity contribution in [3.8, 4) is 22.4 Å². The van der Waals surface area contributed by atoms with Crippen LogP contribution in [0.15, 0.2) is 49.2 Å². The van der Waals surface area contributed by atoms with Crippen LogP contribution < -0.4 is 5.32 Å². The highest BCUT2D eigenvalue weighted by Crippen LogP contribution is 2.30. The molecule has 0 bridgehead atoms. The van der Waals surface area contributed by atoms with E-state index >= 15 is 0 Å². The second-order valence-electron chi connectivity index (χ2n) is 7.44. The highest BCUT2D eigenvalue weighted by atomic mass is 15.2. The van der Waals surface area contributed by atoms with Gasteiger partial charge in [-0.05, 0) is 39.8 Å². The van der Waals surface area contributed by atoms with Crippen LogP contribution in [-0.2, 0) is 0 Å². The van der Waals surface area contributed by atoms with Crippen molar-refractivity contribution in [2.45, 2.75) is 32.2 Å². The van der Waals surface area contributed by atoms with Crippen LogP contribution in [0.2, 0.25) is 0 Å². The van der Waals surface area contributed by atoms with Gasteiger partial charge in [0.25, 0.3) is 0 Å². The molecule has 6 heteroatoms. The SMILES string of the molecule is Cc1ccc(-c2nc(NCC[C@H]3CCCN3C)ncc2-c2cncnc2)cc1. The molecule has 0 spiro atoms. The molecule has 0 saturated carbocycles. The maximum atomic E-state index is 4.84. The molecule has 3 heterocycles. The monoisotopic (exact) mass is 374 g/mol. The fraction of sp³-hybridized carbons (Fsp3) is 0.364. The molecule has 144 valence electrons. The molecular formula is C22H26N6. The number of aryl methyl sites for hydroxylation is 1. The number of nitrogens with one attached hydrogen (secondary N) is 1. The van der Waals surface area contributed by atoms with Gasteiger partial charge in [-0.2, -0.15) is 0 Å². The lowest BCUT2D eigenvalue weighted by Gasteiger charge is -2.19. The first-order valence-electron chi connectivity index (χ1n) is 9.84. The fourth-order valence-electron chi connectivity index (χ4n) is 3.74. The van der Waals surface area contributed by atoms with Gasteiger partial charge < -0.3 is 10.2 Å². The Bertz CT molecular complexity index is 910. The first-order chi connectivity index (χ1) is 13.7. The first kappa shape index (κ1) is 18.5. The van der Waals surface area contributed by atoms with E-state index in [1.165, 1.54) is 31.3 Å². The Labute approximate surface area is 166 Å². The topological polar surface area (TPSA) is 66.8 Å². The summed E-state index contributed by atoms with van der Waals surface area (Å²) in [7, 11) is 2.21. The van der Waals surface area contributed by atoms with Gasteiger partial charge in [-0.15, -0.1) is 0 Å². The zero-order chi connectivity index (χ0) is 19.3. The number of benzene rings is 1. The van der Waals surface area contributed by atoms with Gasteiger partial charge in [0.05, 0.1) is 5.69 Å². The van der Waals surface area contributed by atoms with Gasteiger partial charge in [0.15, 0.2) is 0 Å². The first-order valence-corrected chi connectivity index (χ1v) is 9.84. The summed E-state index contributed by atoms with van der Waals surface area (Å²) >= 11 is 0. The highest BCUT2D eigenvalue weighted by Gasteiger charge is 2.20. The maximum absolute atomic E-state index is 4.84. The molecule has 1 atom stereocenters. The van der Waals surface area contributed by atoms with Crippen LogP contribution in [0.3, 0.4) is 0 Å². The molecule has 1 aliphatic rings. The molecule has 28 heavy (non-hydrogen) atoms. The fourth-order valence-corrected chi connectivity index (χ4v) is 3.74. The van der Waals surface area contributed by atoms with Gasteiger partial charge in [-0.1, -0.05) is 29.8 Å². The van der Waals surface area contributed by atoms with E-state index in [0.29, 0.717) is 12.0 Å². The number of anilines is 1. The molecule has 2 aromatic heterocycles. The van der Waals surface area contributed by atoms with Gasteiger partial charge in [-0.25, -0.2) is 19.9 Å². The summed E-state index contributed by atoms with van der Waals surface area (Å²) < 4.78 is 0.